The van der Waals surface area contributed by atoms with Crippen LogP contribution in [0.5, 0.6) is 0 Å². The molecule has 0 aliphatic rings. The van der Waals surface area contributed by atoms with Gasteiger partial charge in [0, 0.05) is 17.0 Å². The highest BCUT2D eigenvalue weighted by Gasteiger charge is 2.28. The zero-order chi connectivity index (χ0) is 29.3. The van der Waals surface area contributed by atoms with Crippen LogP contribution in [0, 0.1) is 0 Å². The summed E-state index contributed by atoms with van der Waals surface area (Å²) in [4.78, 5) is 9.98. The molecule has 3 nitrogen and oxygen atoms in total. The third kappa shape index (κ3) is 4.19. The molecule has 44 heavy (non-hydrogen) atoms. The fourth-order valence-corrected chi connectivity index (χ4v) is 11.5. The van der Waals surface area contributed by atoms with Crippen molar-refractivity contribution in [2.24, 2.45) is 0 Å². The quantitative estimate of drug-likeness (QED) is 0.164. The Hall–Kier alpha value is -5.58. The average molecular weight is 580 g/mol. The molecule has 209 valence electrons. The molecule has 0 radical (unpaired) electrons. The number of hydrogen-bond donors (Lipinski definition) is 0. The SMILES string of the molecule is c1ccc([Si-](c2ccccc2)(c2ccccc2)c2cccc(-c3ccnc(-n4c5ccccc5c5ccccc54)n3)c2)cc1. The van der Waals surface area contributed by atoms with Crippen molar-refractivity contribution < 1.29 is 0 Å². The minimum absolute atomic E-state index is 0.669. The zero-order valence-electron chi connectivity index (χ0n) is 24.1. The Morgan fingerprint density at radius 1 is 0.432 bits per heavy atom. The normalized spacial score (nSPS) is 11.6. The zero-order valence-corrected chi connectivity index (χ0v) is 25.1. The highest BCUT2D eigenvalue weighted by Crippen LogP contribution is 2.31. The van der Waals surface area contributed by atoms with E-state index in [0.29, 0.717) is 5.95 Å². The minimum atomic E-state index is -2.65. The lowest BCUT2D eigenvalue weighted by Crippen LogP contribution is -2.74. The fourth-order valence-electron chi connectivity index (χ4n) is 6.73. The molecule has 6 aromatic carbocycles. The molecule has 0 aliphatic heterocycles. The second-order valence-electron chi connectivity index (χ2n) is 11.0. The summed E-state index contributed by atoms with van der Waals surface area (Å²) in [6.07, 6.45) is 1.88. The molecule has 0 saturated carbocycles. The van der Waals surface area contributed by atoms with E-state index >= 15 is 0 Å². The van der Waals surface area contributed by atoms with Gasteiger partial charge in [-0.2, -0.15) is 20.7 Å². The topological polar surface area (TPSA) is 30.7 Å². The van der Waals surface area contributed by atoms with Crippen molar-refractivity contribution in [1.82, 2.24) is 14.5 Å². The van der Waals surface area contributed by atoms with Crippen molar-refractivity contribution in [3.05, 3.63) is 176 Å². The summed E-state index contributed by atoms with van der Waals surface area (Å²) in [6, 6.07) is 61.0. The van der Waals surface area contributed by atoms with Gasteiger partial charge in [0.05, 0.1) is 16.7 Å². The van der Waals surface area contributed by atoms with Gasteiger partial charge in [0.15, 0.2) is 0 Å². The van der Waals surface area contributed by atoms with Crippen LogP contribution in [0.2, 0.25) is 0 Å². The van der Waals surface area contributed by atoms with Crippen LogP contribution in [0.15, 0.2) is 176 Å². The standard InChI is InChI=1S/C40H29N3Si/c1-4-16-31(17-5-1)44(32-18-6-2-7-19-32,33-20-8-3-9-21-33)34-22-14-15-30(29-34)37-27-28-41-40(42-37)43-38-25-12-10-23-35(38)36-24-11-13-26-39(36)43/h1-29H/q-1. The van der Waals surface area contributed by atoms with Crippen LogP contribution in [0.1, 0.15) is 0 Å². The van der Waals surface area contributed by atoms with Gasteiger partial charge in [-0.05, 0) is 31.8 Å². The molecule has 8 aromatic rings. The molecule has 0 atom stereocenters. The Morgan fingerprint density at radius 3 is 1.45 bits per heavy atom. The van der Waals surface area contributed by atoms with Crippen molar-refractivity contribution in [2.75, 3.05) is 0 Å². The smallest absolute Gasteiger partial charge is 0.235 e. The lowest BCUT2D eigenvalue weighted by molar-refractivity contribution is 0.992. The van der Waals surface area contributed by atoms with Crippen molar-refractivity contribution in [1.29, 1.82) is 0 Å². The Labute approximate surface area is 257 Å². The molecule has 0 N–H and O–H groups in total. The Bertz CT molecular complexity index is 2080. The van der Waals surface area contributed by atoms with E-state index in [1.807, 2.05) is 12.3 Å². The molecule has 0 aliphatic carbocycles. The number of aromatic nitrogens is 3. The van der Waals surface area contributed by atoms with Crippen LogP contribution < -0.4 is 20.7 Å². The first-order chi connectivity index (χ1) is 21.8. The molecule has 8 rings (SSSR count). The highest BCUT2D eigenvalue weighted by molar-refractivity contribution is 7.19. The van der Waals surface area contributed by atoms with E-state index in [4.69, 9.17) is 9.97 Å². The van der Waals surface area contributed by atoms with Gasteiger partial charge in [0.1, 0.15) is 0 Å². The highest BCUT2D eigenvalue weighted by atomic mass is 28.3. The maximum absolute atomic E-state index is 5.19. The molecular weight excluding hydrogens is 551 g/mol. The predicted octanol–water partition coefficient (Wildman–Crippen LogP) is 6.62. The molecule has 4 heteroatoms. The summed E-state index contributed by atoms with van der Waals surface area (Å²) >= 11 is 0. The predicted molar refractivity (Wildman–Crippen MR) is 185 cm³/mol. The number of fused-ring (bicyclic) bond motifs is 3. The van der Waals surface area contributed by atoms with Gasteiger partial charge in [0.25, 0.3) is 0 Å². The van der Waals surface area contributed by atoms with E-state index in [2.05, 4.69) is 168 Å². The number of hydrogen-bond acceptors (Lipinski definition) is 2. The van der Waals surface area contributed by atoms with Crippen LogP contribution in [0.25, 0.3) is 39.0 Å². The summed E-state index contributed by atoms with van der Waals surface area (Å²) in [5, 5.41) is 7.76. The maximum atomic E-state index is 5.19. The van der Waals surface area contributed by atoms with Crippen molar-refractivity contribution in [2.45, 2.75) is 0 Å². The molecule has 0 bridgehead atoms. The first kappa shape index (κ1) is 26.1. The van der Waals surface area contributed by atoms with Gasteiger partial charge in [0.2, 0.25) is 5.95 Å². The first-order valence-corrected chi connectivity index (χ1v) is 16.9. The van der Waals surface area contributed by atoms with E-state index in [9.17, 15) is 0 Å². The largest absolute Gasteiger partial charge is 0.278 e. The van der Waals surface area contributed by atoms with Gasteiger partial charge < -0.3 is 0 Å². The van der Waals surface area contributed by atoms with Crippen molar-refractivity contribution >= 4 is 50.6 Å². The van der Waals surface area contributed by atoms with Crippen LogP contribution in [0.4, 0.5) is 0 Å². The van der Waals surface area contributed by atoms with Gasteiger partial charge in [-0.1, -0.05) is 152 Å². The van der Waals surface area contributed by atoms with E-state index < -0.39 is 8.07 Å². The number of nitrogens with zero attached hydrogens (tertiary/aromatic N) is 3. The minimum Gasteiger partial charge on any atom is -0.278 e. The lowest BCUT2D eigenvalue weighted by atomic mass is 10.1. The Kier molecular flexibility index (Phi) is 6.47. The maximum Gasteiger partial charge on any atom is 0.235 e. The fraction of sp³-hybridized carbons (Fsp3) is 0. The summed E-state index contributed by atoms with van der Waals surface area (Å²) in [6.45, 7) is 0. The van der Waals surface area contributed by atoms with E-state index in [1.165, 1.54) is 31.5 Å². The Balaban J connectivity index is 1.35. The summed E-state index contributed by atoms with van der Waals surface area (Å²) in [7, 11) is -2.65. The molecule has 0 spiro atoms. The number of rotatable bonds is 6. The van der Waals surface area contributed by atoms with Crippen LogP contribution >= 0.6 is 0 Å². The second kappa shape index (κ2) is 10.9. The second-order valence-corrected chi connectivity index (χ2v) is 14.8. The lowest BCUT2D eigenvalue weighted by Gasteiger charge is -2.47. The van der Waals surface area contributed by atoms with Gasteiger partial charge in [-0.15, -0.1) is 0 Å². The Morgan fingerprint density at radius 2 is 0.909 bits per heavy atom. The third-order valence-electron chi connectivity index (χ3n) is 8.63. The molecule has 0 unspecified atom stereocenters. The monoisotopic (exact) mass is 579 g/mol. The first-order valence-electron chi connectivity index (χ1n) is 14.9. The van der Waals surface area contributed by atoms with Crippen LogP contribution in [-0.4, -0.2) is 22.6 Å². The van der Waals surface area contributed by atoms with Gasteiger partial charge >= 0.3 is 0 Å². The molecule has 2 heterocycles. The van der Waals surface area contributed by atoms with E-state index in [-0.39, 0.29) is 0 Å². The third-order valence-corrected chi connectivity index (χ3v) is 13.4. The number of benzene rings is 6. The summed E-state index contributed by atoms with van der Waals surface area (Å²) in [5.74, 6) is 0.669. The number of para-hydroxylation sites is 2. The average Bonchev–Trinajstić information content (AvgIpc) is 3.45. The van der Waals surface area contributed by atoms with E-state index in [1.54, 1.807) is 0 Å². The molecule has 2 aromatic heterocycles. The van der Waals surface area contributed by atoms with Crippen molar-refractivity contribution in [3.63, 3.8) is 0 Å². The van der Waals surface area contributed by atoms with Gasteiger partial charge in [-0.25, -0.2) is 9.97 Å². The molecule has 0 saturated heterocycles. The summed E-state index contributed by atoms with van der Waals surface area (Å²) in [5.41, 5.74) is 4.17. The van der Waals surface area contributed by atoms with Crippen molar-refractivity contribution in [3.8, 4) is 17.2 Å². The molecule has 0 amide bonds. The van der Waals surface area contributed by atoms with Crippen LogP contribution in [0.3, 0.4) is 0 Å². The molecular formula is C40H29N3Si-. The van der Waals surface area contributed by atoms with Gasteiger partial charge in [-0.3, -0.25) is 4.57 Å². The van der Waals surface area contributed by atoms with Crippen LogP contribution in [-0.2, 0) is 0 Å². The summed E-state index contributed by atoms with van der Waals surface area (Å²) < 4.78 is 2.18. The molecule has 0 fully saturated rings. The van der Waals surface area contributed by atoms with E-state index in [0.717, 1.165) is 22.3 Å².